The topological polar surface area (TPSA) is 88.1 Å². The van der Waals surface area contributed by atoms with Crippen LogP contribution in [0.25, 0.3) is 10.9 Å². The van der Waals surface area contributed by atoms with Crippen molar-refractivity contribution in [1.82, 2.24) is 9.47 Å². The quantitative estimate of drug-likeness (QED) is 0.495. The second kappa shape index (κ2) is 9.74. The molecular weight excluding hydrogens is 464 g/mol. The first-order valence-corrected chi connectivity index (χ1v) is 13.4. The third kappa shape index (κ3) is 4.78. The second-order valence-corrected chi connectivity index (χ2v) is 10.7. The molecule has 3 aromatic rings. The van der Waals surface area contributed by atoms with Gasteiger partial charge in [0.15, 0.2) is 0 Å². The number of hydrogen-bond acceptors (Lipinski definition) is 6. The zero-order valence-electron chi connectivity index (χ0n) is 21.7. The first-order valence-electron chi connectivity index (χ1n) is 13.4. The molecule has 1 unspecified atom stereocenters. The molecule has 0 bridgehead atoms. The van der Waals surface area contributed by atoms with Crippen molar-refractivity contribution >= 4 is 40.1 Å². The highest BCUT2D eigenvalue weighted by atomic mass is 16.5. The lowest BCUT2D eigenvalue weighted by Crippen LogP contribution is -2.45. The molecule has 1 saturated heterocycles. The molecule has 2 aromatic carbocycles. The minimum Gasteiger partial charge on any atom is -0.497 e. The molecule has 0 radical (unpaired) electrons. The van der Waals surface area contributed by atoms with Crippen LogP contribution >= 0.6 is 0 Å². The van der Waals surface area contributed by atoms with E-state index in [1.807, 2.05) is 29.3 Å². The van der Waals surface area contributed by atoms with E-state index in [4.69, 9.17) is 15.5 Å². The van der Waals surface area contributed by atoms with E-state index in [0.29, 0.717) is 18.0 Å². The molecule has 1 amide bonds. The van der Waals surface area contributed by atoms with Crippen LogP contribution in [0.2, 0.25) is 0 Å². The molecule has 3 aliphatic rings. The standard InChI is InChI=1S/C29H36N6O2/c1-33-11-9-31-25-13-21(29(36)34-10-3-4-22(30)18-34)14-26(28(25)33)32-16-23-12-20-7-8-24(37-2)15-27(20)35(23)17-19-5-6-19/h7-8,12-16,19,22,31H,3-6,9-11,17-18,30H2,1-2H3. The minimum atomic E-state index is 0.0272. The third-order valence-electron chi connectivity index (χ3n) is 7.84. The molecule has 37 heavy (non-hydrogen) atoms. The van der Waals surface area contributed by atoms with Crippen molar-refractivity contribution in [2.45, 2.75) is 38.3 Å². The van der Waals surface area contributed by atoms with Crippen LogP contribution in [0.15, 0.2) is 41.4 Å². The summed E-state index contributed by atoms with van der Waals surface area (Å²) in [5.74, 6) is 1.60. The number of nitrogens with zero attached hydrogens (tertiary/aromatic N) is 4. The molecule has 1 saturated carbocycles. The number of likely N-dealkylation sites (tertiary alicyclic amines) is 1. The summed E-state index contributed by atoms with van der Waals surface area (Å²) in [6.07, 6.45) is 6.41. The molecule has 1 atom stereocenters. The number of methoxy groups -OCH3 is 1. The van der Waals surface area contributed by atoms with Gasteiger partial charge in [-0.25, -0.2) is 0 Å². The van der Waals surface area contributed by atoms with Crippen LogP contribution in [-0.4, -0.2) is 68.0 Å². The summed E-state index contributed by atoms with van der Waals surface area (Å²) in [7, 11) is 3.79. The Morgan fingerprint density at radius 2 is 2.05 bits per heavy atom. The summed E-state index contributed by atoms with van der Waals surface area (Å²) < 4.78 is 7.86. The number of nitrogens with two attached hydrogens (primary N) is 1. The molecular formula is C29H36N6O2. The lowest BCUT2D eigenvalue weighted by molar-refractivity contribution is 0.0709. The summed E-state index contributed by atoms with van der Waals surface area (Å²) in [6, 6.07) is 12.4. The predicted octanol–water partition coefficient (Wildman–Crippen LogP) is 4.24. The van der Waals surface area contributed by atoms with Crippen LogP contribution in [0.1, 0.15) is 41.7 Å². The number of anilines is 2. The molecule has 8 nitrogen and oxygen atoms in total. The fourth-order valence-electron chi connectivity index (χ4n) is 5.61. The summed E-state index contributed by atoms with van der Waals surface area (Å²) in [6.45, 7) is 4.04. The van der Waals surface area contributed by atoms with E-state index < -0.39 is 0 Å². The van der Waals surface area contributed by atoms with E-state index in [2.05, 4.69) is 40.0 Å². The molecule has 2 fully saturated rings. The number of ether oxygens (including phenoxy) is 1. The van der Waals surface area contributed by atoms with Gasteiger partial charge in [-0.2, -0.15) is 0 Å². The van der Waals surface area contributed by atoms with E-state index >= 15 is 0 Å². The number of benzene rings is 2. The fraction of sp³-hybridized carbons (Fsp3) is 0.448. The van der Waals surface area contributed by atoms with E-state index in [1.165, 1.54) is 23.7 Å². The average Bonchev–Trinajstić information content (AvgIpc) is 3.67. The first-order chi connectivity index (χ1) is 18.0. The van der Waals surface area contributed by atoms with Gasteiger partial charge < -0.3 is 30.2 Å². The van der Waals surface area contributed by atoms with E-state index in [9.17, 15) is 4.79 Å². The van der Waals surface area contributed by atoms with Gasteiger partial charge >= 0.3 is 0 Å². The Balaban J connectivity index is 1.40. The highest BCUT2D eigenvalue weighted by molar-refractivity contribution is 6.00. The van der Waals surface area contributed by atoms with Crippen LogP contribution in [0.4, 0.5) is 17.1 Å². The molecule has 8 heteroatoms. The van der Waals surface area contributed by atoms with Crippen molar-refractivity contribution in [2.75, 3.05) is 50.6 Å². The molecule has 194 valence electrons. The summed E-state index contributed by atoms with van der Waals surface area (Å²) in [4.78, 5) is 22.6. The molecule has 6 rings (SSSR count). The number of piperidine rings is 1. The number of fused-ring (bicyclic) bond motifs is 2. The largest absolute Gasteiger partial charge is 0.497 e. The summed E-state index contributed by atoms with van der Waals surface area (Å²) in [5, 5.41) is 4.66. The number of aliphatic imine (C=N–C) groups is 1. The highest BCUT2D eigenvalue weighted by Gasteiger charge is 2.26. The minimum absolute atomic E-state index is 0.0272. The van der Waals surface area contributed by atoms with E-state index in [-0.39, 0.29) is 11.9 Å². The van der Waals surface area contributed by atoms with Crippen molar-refractivity contribution in [2.24, 2.45) is 16.6 Å². The summed E-state index contributed by atoms with van der Waals surface area (Å²) in [5.41, 5.74) is 11.8. The van der Waals surface area contributed by atoms with Crippen molar-refractivity contribution in [3.63, 3.8) is 0 Å². The SMILES string of the molecule is COc1ccc2cc(C=Nc3cc(C(=O)N4CCCC(N)C4)cc4c3N(C)CCN4)n(CC3CC3)c2c1. The van der Waals surface area contributed by atoms with Gasteiger partial charge in [-0.1, -0.05) is 0 Å². The van der Waals surface area contributed by atoms with Crippen molar-refractivity contribution in [3.05, 3.63) is 47.7 Å². The Morgan fingerprint density at radius 1 is 1.19 bits per heavy atom. The number of nitrogens with one attached hydrogen (secondary N) is 1. The smallest absolute Gasteiger partial charge is 0.254 e. The van der Waals surface area contributed by atoms with Gasteiger partial charge in [0.25, 0.3) is 5.91 Å². The van der Waals surface area contributed by atoms with Gasteiger partial charge in [0.05, 0.1) is 41.6 Å². The number of carbonyl (C=O) groups is 1. The number of aromatic nitrogens is 1. The van der Waals surface area contributed by atoms with Crippen molar-refractivity contribution in [1.29, 1.82) is 0 Å². The number of amides is 1. The molecule has 2 aliphatic heterocycles. The maximum atomic E-state index is 13.5. The van der Waals surface area contributed by atoms with Gasteiger partial charge in [0.1, 0.15) is 5.75 Å². The maximum Gasteiger partial charge on any atom is 0.254 e. The highest BCUT2D eigenvalue weighted by Crippen LogP contribution is 2.40. The second-order valence-electron chi connectivity index (χ2n) is 10.7. The Bertz CT molecular complexity index is 1360. The lowest BCUT2D eigenvalue weighted by Gasteiger charge is -2.33. The molecule has 1 aliphatic carbocycles. The first kappa shape index (κ1) is 23.9. The van der Waals surface area contributed by atoms with Crippen molar-refractivity contribution < 1.29 is 9.53 Å². The molecule has 1 aromatic heterocycles. The number of hydrogen-bond donors (Lipinski definition) is 2. The predicted molar refractivity (Wildman–Crippen MR) is 150 cm³/mol. The van der Waals surface area contributed by atoms with Gasteiger partial charge in [0.2, 0.25) is 0 Å². The summed E-state index contributed by atoms with van der Waals surface area (Å²) >= 11 is 0. The zero-order valence-corrected chi connectivity index (χ0v) is 21.7. The van der Waals surface area contributed by atoms with Gasteiger partial charge in [0, 0.05) is 62.8 Å². The van der Waals surface area contributed by atoms with E-state index in [0.717, 1.165) is 67.5 Å². The maximum absolute atomic E-state index is 13.5. The Labute approximate surface area is 218 Å². The number of rotatable bonds is 6. The van der Waals surface area contributed by atoms with Crippen LogP contribution < -0.4 is 20.7 Å². The van der Waals surface area contributed by atoms with Crippen LogP contribution in [0.3, 0.4) is 0 Å². The number of carbonyl (C=O) groups excluding carboxylic acids is 1. The van der Waals surface area contributed by atoms with Crippen LogP contribution in [0.5, 0.6) is 5.75 Å². The Hall–Kier alpha value is -3.52. The van der Waals surface area contributed by atoms with Crippen LogP contribution in [0, 0.1) is 5.92 Å². The van der Waals surface area contributed by atoms with E-state index in [1.54, 1.807) is 7.11 Å². The van der Waals surface area contributed by atoms with Gasteiger partial charge in [-0.3, -0.25) is 9.79 Å². The lowest BCUT2D eigenvalue weighted by atomic mass is 10.0. The third-order valence-corrected chi connectivity index (χ3v) is 7.84. The molecule has 0 spiro atoms. The van der Waals surface area contributed by atoms with Gasteiger partial charge in [-0.05, 0) is 61.9 Å². The number of likely N-dealkylation sites (N-methyl/N-ethyl adjacent to an activating group) is 1. The zero-order chi connectivity index (χ0) is 25.5. The molecule has 3 heterocycles. The molecule has 3 N–H and O–H groups in total. The Kier molecular flexibility index (Phi) is 6.28. The van der Waals surface area contributed by atoms with Crippen LogP contribution in [-0.2, 0) is 6.54 Å². The van der Waals surface area contributed by atoms with Gasteiger partial charge in [-0.15, -0.1) is 0 Å². The Morgan fingerprint density at radius 3 is 2.84 bits per heavy atom. The average molecular weight is 501 g/mol. The van der Waals surface area contributed by atoms with Crippen molar-refractivity contribution in [3.8, 4) is 5.75 Å². The fourth-order valence-corrected chi connectivity index (χ4v) is 5.61. The normalized spacial score (nSPS) is 19.8. The monoisotopic (exact) mass is 500 g/mol.